The van der Waals surface area contributed by atoms with Crippen LogP contribution in [0.4, 0.5) is 8.78 Å². The van der Waals surface area contributed by atoms with Crippen LogP contribution in [-0.4, -0.2) is 0 Å². The van der Waals surface area contributed by atoms with Crippen LogP contribution >= 0.6 is 0 Å². The molecular weight excluding hydrogens is 214 g/mol. The zero-order valence-electron chi connectivity index (χ0n) is 8.28. The highest BCUT2D eigenvalue weighted by Crippen LogP contribution is 2.23. The van der Waals surface area contributed by atoms with E-state index in [0.29, 0.717) is 11.3 Å². The Bertz CT molecular complexity index is 451. The molecule has 0 aliphatic rings. The normalized spacial score (nSPS) is 12.7. The van der Waals surface area contributed by atoms with Crippen LogP contribution in [0.25, 0.3) is 0 Å². The molecule has 3 nitrogen and oxygen atoms in total. The van der Waals surface area contributed by atoms with Gasteiger partial charge in [0, 0.05) is 6.07 Å². The van der Waals surface area contributed by atoms with Crippen molar-refractivity contribution in [3.8, 4) is 0 Å². The van der Waals surface area contributed by atoms with Crippen molar-refractivity contribution < 1.29 is 13.2 Å². The lowest BCUT2D eigenvalue weighted by Gasteiger charge is -2.13. The molecular formula is C11H10F2N2O. The van der Waals surface area contributed by atoms with E-state index in [2.05, 4.69) is 5.43 Å². The minimum absolute atomic E-state index is 0.370. The van der Waals surface area contributed by atoms with Crippen molar-refractivity contribution >= 4 is 0 Å². The Morgan fingerprint density at radius 2 is 1.88 bits per heavy atom. The van der Waals surface area contributed by atoms with Gasteiger partial charge in [-0.3, -0.25) is 5.84 Å². The maximum Gasteiger partial charge on any atom is 0.126 e. The summed E-state index contributed by atoms with van der Waals surface area (Å²) in [7, 11) is 0. The molecule has 1 heterocycles. The van der Waals surface area contributed by atoms with E-state index in [1.807, 2.05) is 0 Å². The summed E-state index contributed by atoms with van der Waals surface area (Å²) in [6.45, 7) is 0. The predicted octanol–water partition coefficient (Wildman–Crippen LogP) is 2.11. The van der Waals surface area contributed by atoms with E-state index in [-0.39, 0.29) is 0 Å². The third-order valence-corrected chi connectivity index (χ3v) is 2.21. The summed E-state index contributed by atoms with van der Waals surface area (Å²) in [5, 5.41) is 0. The topological polar surface area (TPSA) is 51.2 Å². The Balaban J connectivity index is 2.41. The molecule has 0 amide bonds. The summed E-state index contributed by atoms with van der Waals surface area (Å²) < 4.78 is 31.2. The van der Waals surface area contributed by atoms with Gasteiger partial charge in [-0.2, -0.15) is 0 Å². The van der Waals surface area contributed by atoms with Gasteiger partial charge in [0.1, 0.15) is 23.4 Å². The highest BCUT2D eigenvalue weighted by molar-refractivity contribution is 5.27. The predicted molar refractivity (Wildman–Crippen MR) is 54.2 cm³/mol. The molecule has 16 heavy (non-hydrogen) atoms. The van der Waals surface area contributed by atoms with Gasteiger partial charge >= 0.3 is 0 Å². The SMILES string of the molecule is NNC(c1cc(F)cc(F)c1)c1ccco1. The molecule has 1 unspecified atom stereocenters. The highest BCUT2D eigenvalue weighted by atomic mass is 19.1. The Morgan fingerprint density at radius 3 is 2.38 bits per heavy atom. The number of furan rings is 1. The van der Waals surface area contributed by atoms with Crippen molar-refractivity contribution in [3.63, 3.8) is 0 Å². The minimum atomic E-state index is -0.651. The molecule has 84 valence electrons. The lowest BCUT2D eigenvalue weighted by Crippen LogP contribution is -2.28. The van der Waals surface area contributed by atoms with E-state index in [4.69, 9.17) is 10.3 Å². The molecule has 5 heteroatoms. The number of rotatable bonds is 3. The fourth-order valence-electron chi connectivity index (χ4n) is 1.54. The van der Waals surface area contributed by atoms with Crippen molar-refractivity contribution in [2.24, 2.45) is 5.84 Å². The Hall–Kier alpha value is -1.72. The summed E-state index contributed by atoms with van der Waals surface area (Å²) in [6.07, 6.45) is 1.47. The monoisotopic (exact) mass is 224 g/mol. The summed E-state index contributed by atoms with van der Waals surface area (Å²) in [5.41, 5.74) is 2.82. The van der Waals surface area contributed by atoms with Gasteiger partial charge in [0.2, 0.25) is 0 Å². The highest BCUT2D eigenvalue weighted by Gasteiger charge is 2.16. The molecule has 0 saturated heterocycles. The van der Waals surface area contributed by atoms with Crippen molar-refractivity contribution in [2.75, 3.05) is 0 Å². The van der Waals surface area contributed by atoms with Crippen LogP contribution < -0.4 is 11.3 Å². The Morgan fingerprint density at radius 1 is 1.19 bits per heavy atom. The van der Waals surface area contributed by atoms with Crippen molar-refractivity contribution in [1.82, 2.24) is 5.43 Å². The summed E-state index contributed by atoms with van der Waals surface area (Å²) in [5.74, 6) is 4.53. The Labute approximate surface area is 90.8 Å². The lowest BCUT2D eigenvalue weighted by atomic mass is 10.1. The van der Waals surface area contributed by atoms with E-state index in [9.17, 15) is 8.78 Å². The number of halogens is 2. The largest absolute Gasteiger partial charge is 0.467 e. The molecule has 0 fully saturated rings. The first-order valence-electron chi connectivity index (χ1n) is 4.66. The first kappa shape index (κ1) is 10.8. The van der Waals surface area contributed by atoms with Crippen LogP contribution in [0.5, 0.6) is 0 Å². The summed E-state index contributed by atoms with van der Waals surface area (Å²) in [6, 6.07) is 5.99. The van der Waals surface area contributed by atoms with Gasteiger partial charge in [-0.25, -0.2) is 14.2 Å². The van der Waals surface area contributed by atoms with Gasteiger partial charge in [0.05, 0.1) is 6.26 Å². The lowest BCUT2D eigenvalue weighted by molar-refractivity contribution is 0.449. The molecule has 1 aromatic carbocycles. The molecule has 0 aliphatic heterocycles. The second kappa shape index (κ2) is 4.42. The van der Waals surface area contributed by atoms with Crippen LogP contribution in [0.3, 0.4) is 0 Å². The van der Waals surface area contributed by atoms with E-state index in [1.165, 1.54) is 18.4 Å². The second-order valence-corrected chi connectivity index (χ2v) is 3.32. The molecule has 1 aromatic heterocycles. The molecule has 2 aromatic rings. The van der Waals surface area contributed by atoms with Gasteiger partial charge in [-0.1, -0.05) is 0 Å². The quantitative estimate of drug-likeness (QED) is 0.620. The number of hydrazine groups is 1. The van der Waals surface area contributed by atoms with E-state index in [0.717, 1.165) is 6.07 Å². The first-order chi connectivity index (χ1) is 7.70. The van der Waals surface area contributed by atoms with E-state index >= 15 is 0 Å². The molecule has 0 bridgehead atoms. The summed E-state index contributed by atoms with van der Waals surface area (Å²) in [4.78, 5) is 0. The average Bonchev–Trinajstić information content (AvgIpc) is 2.70. The standard InChI is InChI=1S/C11H10F2N2O/c12-8-4-7(5-9(13)6-8)11(15-14)10-2-1-3-16-10/h1-6,11,15H,14H2. The third kappa shape index (κ3) is 2.10. The zero-order valence-corrected chi connectivity index (χ0v) is 8.28. The minimum Gasteiger partial charge on any atom is -0.467 e. The molecule has 0 aliphatic carbocycles. The van der Waals surface area contributed by atoms with Crippen LogP contribution in [0, 0.1) is 11.6 Å². The van der Waals surface area contributed by atoms with Gasteiger partial charge in [0.15, 0.2) is 0 Å². The third-order valence-electron chi connectivity index (χ3n) is 2.21. The molecule has 0 spiro atoms. The fourth-order valence-corrected chi connectivity index (χ4v) is 1.54. The van der Waals surface area contributed by atoms with Gasteiger partial charge in [-0.05, 0) is 29.8 Å². The molecule has 0 saturated carbocycles. The van der Waals surface area contributed by atoms with Crippen molar-refractivity contribution in [3.05, 3.63) is 59.6 Å². The summed E-state index contributed by atoms with van der Waals surface area (Å²) >= 11 is 0. The average molecular weight is 224 g/mol. The number of hydrogen-bond acceptors (Lipinski definition) is 3. The van der Waals surface area contributed by atoms with Crippen molar-refractivity contribution in [2.45, 2.75) is 6.04 Å². The number of hydrogen-bond donors (Lipinski definition) is 2. The van der Waals surface area contributed by atoms with Crippen LogP contribution in [0.2, 0.25) is 0 Å². The number of nitrogens with two attached hydrogens (primary N) is 1. The first-order valence-corrected chi connectivity index (χ1v) is 4.66. The van der Waals surface area contributed by atoms with Crippen LogP contribution in [-0.2, 0) is 0 Å². The van der Waals surface area contributed by atoms with E-state index in [1.54, 1.807) is 12.1 Å². The fraction of sp³-hybridized carbons (Fsp3) is 0.0909. The smallest absolute Gasteiger partial charge is 0.126 e. The van der Waals surface area contributed by atoms with Gasteiger partial charge in [-0.15, -0.1) is 0 Å². The maximum absolute atomic E-state index is 13.0. The zero-order chi connectivity index (χ0) is 11.5. The van der Waals surface area contributed by atoms with Crippen molar-refractivity contribution in [1.29, 1.82) is 0 Å². The Kier molecular flexibility index (Phi) is 2.98. The molecule has 1 atom stereocenters. The van der Waals surface area contributed by atoms with Crippen LogP contribution in [0.1, 0.15) is 17.4 Å². The maximum atomic E-state index is 13.0. The molecule has 3 N–H and O–H groups in total. The van der Waals surface area contributed by atoms with Crippen LogP contribution in [0.15, 0.2) is 41.0 Å². The van der Waals surface area contributed by atoms with Gasteiger partial charge < -0.3 is 4.42 Å². The number of nitrogens with one attached hydrogen (secondary N) is 1. The van der Waals surface area contributed by atoms with Gasteiger partial charge in [0.25, 0.3) is 0 Å². The second-order valence-electron chi connectivity index (χ2n) is 3.32. The number of benzene rings is 1. The van der Waals surface area contributed by atoms with E-state index < -0.39 is 17.7 Å². The molecule has 2 rings (SSSR count). The molecule has 0 radical (unpaired) electrons.